The molecule has 1 aromatic carbocycles. The lowest BCUT2D eigenvalue weighted by Gasteiger charge is -2.10. The van der Waals surface area contributed by atoms with Crippen molar-refractivity contribution in [2.45, 2.75) is 20.3 Å². The van der Waals surface area contributed by atoms with E-state index in [1.807, 2.05) is 13.8 Å². The van der Waals surface area contributed by atoms with Gasteiger partial charge in [0, 0.05) is 5.56 Å². The first-order valence-corrected chi connectivity index (χ1v) is 5.24. The molecule has 0 spiro atoms. The van der Waals surface area contributed by atoms with Crippen LogP contribution in [0.1, 0.15) is 27.9 Å². The first-order chi connectivity index (χ1) is 7.99. The number of hydrogen-bond donors (Lipinski definition) is 0. The van der Waals surface area contributed by atoms with E-state index >= 15 is 0 Å². The number of ether oxygens (including phenoxy) is 2. The van der Waals surface area contributed by atoms with E-state index in [1.54, 1.807) is 19.2 Å². The molecule has 0 radical (unpaired) electrons. The van der Waals surface area contributed by atoms with Crippen molar-refractivity contribution in [3.63, 3.8) is 0 Å². The lowest BCUT2D eigenvalue weighted by atomic mass is 9.99. The molecule has 0 aliphatic heterocycles. The Labute approximate surface area is 101 Å². The van der Waals surface area contributed by atoms with Crippen LogP contribution in [0, 0.1) is 13.8 Å². The molecule has 0 aliphatic rings. The van der Waals surface area contributed by atoms with E-state index in [4.69, 9.17) is 4.74 Å². The SMILES string of the molecule is COC(=O)CC(=O)c1cc(C)c(OC)cc1C. The highest BCUT2D eigenvalue weighted by molar-refractivity contribution is 6.06. The number of aryl methyl sites for hydroxylation is 2. The van der Waals surface area contributed by atoms with E-state index in [9.17, 15) is 9.59 Å². The van der Waals surface area contributed by atoms with Crippen molar-refractivity contribution in [2.24, 2.45) is 0 Å². The summed E-state index contributed by atoms with van der Waals surface area (Å²) in [5.41, 5.74) is 2.20. The summed E-state index contributed by atoms with van der Waals surface area (Å²) >= 11 is 0. The van der Waals surface area contributed by atoms with Crippen LogP contribution in [-0.4, -0.2) is 26.0 Å². The van der Waals surface area contributed by atoms with E-state index in [1.165, 1.54) is 7.11 Å². The fourth-order valence-electron chi connectivity index (χ4n) is 1.61. The van der Waals surface area contributed by atoms with Crippen LogP contribution in [0.5, 0.6) is 5.75 Å². The quantitative estimate of drug-likeness (QED) is 0.456. The molecule has 0 saturated carbocycles. The molecule has 0 fully saturated rings. The van der Waals surface area contributed by atoms with Gasteiger partial charge in [-0.05, 0) is 37.1 Å². The largest absolute Gasteiger partial charge is 0.496 e. The van der Waals surface area contributed by atoms with Gasteiger partial charge in [0.2, 0.25) is 0 Å². The van der Waals surface area contributed by atoms with E-state index in [0.29, 0.717) is 5.56 Å². The average molecular weight is 236 g/mol. The Morgan fingerprint density at radius 3 is 2.29 bits per heavy atom. The standard InChI is InChI=1S/C13H16O4/c1-8-6-12(16-3)9(2)5-10(8)11(14)7-13(15)17-4/h5-6H,7H2,1-4H3. The Kier molecular flexibility index (Phi) is 4.26. The molecular weight excluding hydrogens is 220 g/mol. The molecule has 4 nitrogen and oxygen atoms in total. The molecule has 0 saturated heterocycles. The second-order valence-electron chi connectivity index (χ2n) is 3.81. The van der Waals surface area contributed by atoms with Gasteiger partial charge < -0.3 is 9.47 Å². The predicted octanol–water partition coefficient (Wildman–Crippen LogP) is 2.06. The normalized spacial score (nSPS) is 9.88. The van der Waals surface area contributed by atoms with Crippen LogP contribution in [0.3, 0.4) is 0 Å². The Balaban J connectivity index is 3.02. The van der Waals surface area contributed by atoms with Crippen molar-refractivity contribution in [1.82, 2.24) is 0 Å². The van der Waals surface area contributed by atoms with Gasteiger partial charge in [-0.3, -0.25) is 9.59 Å². The van der Waals surface area contributed by atoms with Crippen molar-refractivity contribution >= 4 is 11.8 Å². The summed E-state index contributed by atoms with van der Waals surface area (Å²) in [6.45, 7) is 3.67. The molecule has 17 heavy (non-hydrogen) atoms. The van der Waals surface area contributed by atoms with Crippen molar-refractivity contribution in [3.05, 3.63) is 28.8 Å². The Bertz CT molecular complexity index is 449. The van der Waals surface area contributed by atoms with Crippen LogP contribution in [-0.2, 0) is 9.53 Å². The molecule has 0 bridgehead atoms. The predicted molar refractivity (Wildman–Crippen MR) is 63.4 cm³/mol. The Morgan fingerprint density at radius 2 is 1.76 bits per heavy atom. The summed E-state index contributed by atoms with van der Waals surface area (Å²) in [5, 5.41) is 0. The van der Waals surface area contributed by atoms with Gasteiger partial charge in [-0.25, -0.2) is 0 Å². The third-order valence-electron chi connectivity index (χ3n) is 2.57. The van der Waals surface area contributed by atoms with Crippen LogP contribution < -0.4 is 4.74 Å². The zero-order valence-corrected chi connectivity index (χ0v) is 10.5. The van der Waals surface area contributed by atoms with Gasteiger partial charge in [-0.15, -0.1) is 0 Å². The monoisotopic (exact) mass is 236 g/mol. The molecule has 0 aliphatic carbocycles. The number of rotatable bonds is 4. The van der Waals surface area contributed by atoms with Gasteiger partial charge in [-0.2, -0.15) is 0 Å². The Hall–Kier alpha value is -1.84. The lowest BCUT2D eigenvalue weighted by molar-refractivity contribution is -0.139. The number of esters is 1. The van der Waals surface area contributed by atoms with Crippen molar-refractivity contribution < 1.29 is 19.1 Å². The first-order valence-electron chi connectivity index (χ1n) is 5.24. The molecule has 92 valence electrons. The zero-order chi connectivity index (χ0) is 13.0. The van der Waals surface area contributed by atoms with Crippen molar-refractivity contribution in [1.29, 1.82) is 0 Å². The van der Waals surface area contributed by atoms with Gasteiger partial charge >= 0.3 is 5.97 Å². The van der Waals surface area contributed by atoms with Gasteiger partial charge in [0.05, 0.1) is 14.2 Å². The minimum Gasteiger partial charge on any atom is -0.496 e. The third-order valence-corrected chi connectivity index (χ3v) is 2.57. The molecule has 0 atom stereocenters. The molecule has 0 N–H and O–H groups in total. The summed E-state index contributed by atoms with van der Waals surface area (Å²) < 4.78 is 9.63. The van der Waals surface area contributed by atoms with Crippen LogP contribution in [0.15, 0.2) is 12.1 Å². The summed E-state index contributed by atoms with van der Waals surface area (Å²) in [6.07, 6.45) is -0.233. The molecular formula is C13H16O4. The van der Waals surface area contributed by atoms with E-state index in [0.717, 1.165) is 16.9 Å². The Morgan fingerprint density at radius 1 is 1.12 bits per heavy atom. The smallest absolute Gasteiger partial charge is 0.313 e. The highest BCUT2D eigenvalue weighted by Crippen LogP contribution is 2.23. The zero-order valence-electron chi connectivity index (χ0n) is 10.5. The number of methoxy groups -OCH3 is 2. The van der Waals surface area contributed by atoms with Gasteiger partial charge in [0.25, 0.3) is 0 Å². The summed E-state index contributed by atoms with van der Waals surface area (Å²) in [4.78, 5) is 22.9. The van der Waals surface area contributed by atoms with Crippen LogP contribution >= 0.6 is 0 Å². The number of hydrogen-bond acceptors (Lipinski definition) is 4. The van der Waals surface area contributed by atoms with E-state index in [2.05, 4.69) is 4.74 Å². The lowest BCUT2D eigenvalue weighted by Crippen LogP contribution is -2.11. The first kappa shape index (κ1) is 13.2. The number of Topliss-reactive ketones (excluding diaryl/α,β-unsaturated/α-hetero) is 1. The van der Waals surface area contributed by atoms with Crippen LogP contribution in [0.2, 0.25) is 0 Å². The number of carbonyl (C=O) groups excluding carboxylic acids is 2. The fraction of sp³-hybridized carbons (Fsp3) is 0.385. The number of benzene rings is 1. The maximum atomic E-state index is 11.8. The van der Waals surface area contributed by atoms with E-state index < -0.39 is 5.97 Å². The van der Waals surface area contributed by atoms with Crippen LogP contribution in [0.25, 0.3) is 0 Å². The summed E-state index contributed by atoms with van der Waals surface area (Å²) in [7, 11) is 2.85. The fourth-order valence-corrected chi connectivity index (χ4v) is 1.61. The van der Waals surface area contributed by atoms with Gasteiger partial charge in [0.1, 0.15) is 12.2 Å². The summed E-state index contributed by atoms with van der Waals surface area (Å²) in [5.74, 6) is -0.0277. The van der Waals surface area contributed by atoms with Gasteiger partial charge in [0.15, 0.2) is 5.78 Å². The van der Waals surface area contributed by atoms with Crippen LogP contribution in [0.4, 0.5) is 0 Å². The second-order valence-corrected chi connectivity index (χ2v) is 3.81. The van der Waals surface area contributed by atoms with Gasteiger partial charge in [-0.1, -0.05) is 0 Å². The van der Waals surface area contributed by atoms with Crippen molar-refractivity contribution in [3.8, 4) is 5.75 Å². The maximum Gasteiger partial charge on any atom is 0.313 e. The molecule has 0 heterocycles. The minimum absolute atomic E-state index is 0.233. The number of carbonyl (C=O) groups is 2. The molecule has 1 rings (SSSR count). The molecule has 0 amide bonds. The average Bonchev–Trinajstić information content (AvgIpc) is 2.31. The molecule has 0 unspecified atom stereocenters. The van der Waals surface area contributed by atoms with E-state index in [-0.39, 0.29) is 12.2 Å². The number of ketones is 1. The second kappa shape index (κ2) is 5.48. The third kappa shape index (κ3) is 3.06. The summed E-state index contributed by atoms with van der Waals surface area (Å²) in [6, 6.07) is 3.53. The highest BCUT2D eigenvalue weighted by atomic mass is 16.5. The maximum absolute atomic E-state index is 11.8. The molecule has 1 aromatic rings. The topological polar surface area (TPSA) is 52.6 Å². The minimum atomic E-state index is -0.525. The van der Waals surface area contributed by atoms with Crippen molar-refractivity contribution in [2.75, 3.05) is 14.2 Å². The highest BCUT2D eigenvalue weighted by Gasteiger charge is 2.15. The molecule has 4 heteroatoms. The molecule has 0 aromatic heterocycles.